The number of ether oxygens (including phenoxy) is 1. The van der Waals surface area contributed by atoms with E-state index in [4.69, 9.17) is 10.5 Å². The van der Waals surface area contributed by atoms with Crippen LogP contribution in [-0.4, -0.2) is 25.0 Å². The van der Waals surface area contributed by atoms with E-state index in [1.807, 2.05) is 26.8 Å². The van der Waals surface area contributed by atoms with E-state index in [2.05, 4.69) is 5.32 Å². The van der Waals surface area contributed by atoms with Gasteiger partial charge in [0.15, 0.2) is 0 Å². The molecule has 3 N–H and O–H groups in total. The van der Waals surface area contributed by atoms with Crippen LogP contribution >= 0.6 is 0 Å². The van der Waals surface area contributed by atoms with Gasteiger partial charge in [-0.2, -0.15) is 0 Å². The number of esters is 1. The van der Waals surface area contributed by atoms with E-state index in [9.17, 15) is 9.59 Å². The molecule has 0 spiro atoms. The molecule has 0 fully saturated rings. The summed E-state index contributed by atoms with van der Waals surface area (Å²) in [4.78, 5) is 22.9. The summed E-state index contributed by atoms with van der Waals surface area (Å²) >= 11 is 0. The van der Waals surface area contributed by atoms with Gasteiger partial charge in [0.1, 0.15) is 6.04 Å². The molecule has 0 heterocycles. The minimum absolute atomic E-state index is 0.269. The largest absolute Gasteiger partial charge is 0.468 e. The second kappa shape index (κ2) is 6.52. The summed E-state index contributed by atoms with van der Waals surface area (Å²) in [6.07, 6.45) is 0. The Kier molecular flexibility index (Phi) is 5.27. The number of hydrogen-bond donors (Lipinski definition) is 2. The fraction of sp³-hybridized carbons (Fsp3) is 0.467. The number of carbonyl (C=O) groups excluding carboxylic acids is 2. The predicted molar refractivity (Wildman–Crippen MR) is 77.1 cm³/mol. The maximum atomic E-state index is 11.8. The van der Waals surface area contributed by atoms with Gasteiger partial charge in [0, 0.05) is 12.1 Å². The fourth-order valence-electron chi connectivity index (χ4n) is 1.92. The maximum absolute atomic E-state index is 11.8. The highest BCUT2D eigenvalue weighted by Gasteiger charge is 2.31. The van der Waals surface area contributed by atoms with Gasteiger partial charge in [-0.1, -0.05) is 32.9 Å². The van der Waals surface area contributed by atoms with Crippen LogP contribution in [0.4, 0.5) is 0 Å². The normalized spacial score (nSPS) is 12.8. The Morgan fingerprint density at radius 2 is 2.00 bits per heavy atom. The molecule has 1 aromatic carbocycles. The second-order valence-electron chi connectivity index (χ2n) is 5.77. The molecule has 1 rings (SSSR count). The lowest BCUT2D eigenvalue weighted by Crippen LogP contribution is -2.46. The molecule has 0 aliphatic rings. The van der Waals surface area contributed by atoms with Crippen molar-refractivity contribution in [1.29, 1.82) is 0 Å². The summed E-state index contributed by atoms with van der Waals surface area (Å²) < 4.78 is 4.81. The molecule has 5 nitrogen and oxygen atoms in total. The molecule has 110 valence electrons. The maximum Gasteiger partial charge on any atom is 0.323 e. The number of carbonyl (C=O) groups is 2. The Labute approximate surface area is 119 Å². The highest BCUT2D eigenvalue weighted by Crippen LogP contribution is 2.20. The number of methoxy groups -OCH3 is 1. The third kappa shape index (κ3) is 4.35. The van der Waals surface area contributed by atoms with Crippen LogP contribution in [0.2, 0.25) is 0 Å². The first-order valence-corrected chi connectivity index (χ1v) is 6.45. The van der Waals surface area contributed by atoms with Gasteiger partial charge in [-0.3, -0.25) is 14.9 Å². The van der Waals surface area contributed by atoms with Crippen LogP contribution < -0.4 is 11.1 Å². The van der Waals surface area contributed by atoms with Gasteiger partial charge >= 0.3 is 5.97 Å². The number of nitrogens with two attached hydrogens (primary N) is 1. The lowest BCUT2D eigenvalue weighted by molar-refractivity contribution is -0.146. The van der Waals surface area contributed by atoms with Crippen LogP contribution in [0.5, 0.6) is 0 Å². The Balaban J connectivity index is 2.80. The molecule has 0 saturated heterocycles. The molecule has 0 aliphatic carbocycles. The van der Waals surface area contributed by atoms with Crippen molar-refractivity contribution in [2.75, 3.05) is 7.11 Å². The molecule has 0 aliphatic heterocycles. The minimum Gasteiger partial charge on any atom is -0.468 e. The Hall–Kier alpha value is -1.88. The summed E-state index contributed by atoms with van der Waals surface area (Å²) in [7, 11) is 1.37. The standard InChI is InChI=1S/C15H22N2O3/c1-15(2,3)12(14(19)20-4)17-9-10-6-5-7-11(8-10)13(16)18/h5-8,12,17H,9H2,1-4H3,(H2,16,18)/t12-/m1/s1. The van der Waals surface area contributed by atoms with E-state index in [1.54, 1.807) is 18.2 Å². The van der Waals surface area contributed by atoms with Crippen LogP contribution in [0.1, 0.15) is 36.7 Å². The number of rotatable bonds is 5. The smallest absolute Gasteiger partial charge is 0.323 e. The summed E-state index contributed by atoms with van der Waals surface area (Å²) in [6.45, 7) is 6.34. The molecular formula is C15H22N2O3. The Morgan fingerprint density at radius 3 is 2.50 bits per heavy atom. The van der Waals surface area contributed by atoms with Crippen molar-refractivity contribution in [3.8, 4) is 0 Å². The van der Waals surface area contributed by atoms with E-state index in [1.165, 1.54) is 7.11 Å². The van der Waals surface area contributed by atoms with Crippen molar-refractivity contribution in [2.45, 2.75) is 33.4 Å². The molecule has 0 bridgehead atoms. The van der Waals surface area contributed by atoms with Crippen molar-refractivity contribution in [3.63, 3.8) is 0 Å². The highest BCUT2D eigenvalue weighted by atomic mass is 16.5. The van der Waals surface area contributed by atoms with E-state index in [0.717, 1.165) is 5.56 Å². The van der Waals surface area contributed by atoms with Crippen LogP contribution in [-0.2, 0) is 16.1 Å². The monoisotopic (exact) mass is 278 g/mol. The zero-order valence-electron chi connectivity index (χ0n) is 12.4. The fourth-order valence-corrected chi connectivity index (χ4v) is 1.92. The van der Waals surface area contributed by atoms with Crippen LogP contribution in [0.25, 0.3) is 0 Å². The minimum atomic E-state index is -0.466. The molecule has 1 aromatic rings. The average Bonchev–Trinajstić information content (AvgIpc) is 2.37. The van der Waals surface area contributed by atoms with E-state index in [0.29, 0.717) is 12.1 Å². The van der Waals surface area contributed by atoms with Crippen molar-refractivity contribution in [1.82, 2.24) is 5.32 Å². The average molecular weight is 278 g/mol. The molecule has 0 aromatic heterocycles. The number of hydrogen-bond acceptors (Lipinski definition) is 4. The molecule has 5 heteroatoms. The van der Waals surface area contributed by atoms with Crippen molar-refractivity contribution >= 4 is 11.9 Å². The molecule has 1 atom stereocenters. The van der Waals surface area contributed by atoms with Gasteiger partial charge in [-0.05, 0) is 23.1 Å². The lowest BCUT2D eigenvalue weighted by atomic mass is 9.86. The highest BCUT2D eigenvalue weighted by molar-refractivity contribution is 5.92. The summed E-state index contributed by atoms with van der Waals surface area (Å²) in [5.41, 5.74) is 6.32. The topological polar surface area (TPSA) is 81.4 Å². The quantitative estimate of drug-likeness (QED) is 0.799. The van der Waals surface area contributed by atoms with E-state index in [-0.39, 0.29) is 11.4 Å². The molecule has 1 amide bonds. The Morgan fingerprint density at radius 1 is 1.35 bits per heavy atom. The van der Waals surface area contributed by atoms with E-state index >= 15 is 0 Å². The van der Waals surface area contributed by atoms with Crippen LogP contribution in [0.15, 0.2) is 24.3 Å². The SMILES string of the molecule is COC(=O)[C@@H](NCc1cccc(C(N)=O)c1)C(C)(C)C. The Bertz CT molecular complexity index is 492. The zero-order valence-corrected chi connectivity index (χ0v) is 12.4. The van der Waals surface area contributed by atoms with Gasteiger partial charge in [-0.15, -0.1) is 0 Å². The summed E-state index contributed by atoms with van der Waals surface area (Å²) in [5.74, 6) is -0.768. The summed E-state index contributed by atoms with van der Waals surface area (Å²) in [5, 5.41) is 3.17. The second-order valence-corrected chi connectivity index (χ2v) is 5.77. The number of amides is 1. The molecular weight excluding hydrogens is 256 g/mol. The van der Waals surface area contributed by atoms with Crippen LogP contribution in [0, 0.1) is 5.41 Å². The first-order valence-electron chi connectivity index (χ1n) is 6.45. The number of nitrogens with one attached hydrogen (secondary N) is 1. The third-order valence-corrected chi connectivity index (χ3v) is 3.02. The molecule has 0 radical (unpaired) electrons. The first kappa shape index (κ1) is 16.2. The predicted octanol–water partition coefficient (Wildman–Crippen LogP) is 1.46. The molecule has 0 unspecified atom stereocenters. The van der Waals surface area contributed by atoms with Gasteiger partial charge in [-0.25, -0.2) is 0 Å². The summed E-state index contributed by atoms with van der Waals surface area (Å²) in [6, 6.07) is 6.59. The van der Waals surface area contributed by atoms with Crippen LogP contribution in [0.3, 0.4) is 0 Å². The van der Waals surface area contributed by atoms with Crippen molar-refractivity contribution in [3.05, 3.63) is 35.4 Å². The number of benzene rings is 1. The van der Waals surface area contributed by atoms with E-state index < -0.39 is 11.9 Å². The zero-order chi connectivity index (χ0) is 15.3. The lowest BCUT2D eigenvalue weighted by Gasteiger charge is -2.29. The van der Waals surface area contributed by atoms with Crippen molar-refractivity contribution in [2.24, 2.45) is 11.1 Å². The molecule has 0 saturated carbocycles. The van der Waals surface area contributed by atoms with Gasteiger partial charge in [0.2, 0.25) is 5.91 Å². The molecule has 20 heavy (non-hydrogen) atoms. The first-order chi connectivity index (χ1) is 9.25. The number of primary amides is 1. The third-order valence-electron chi connectivity index (χ3n) is 3.02. The van der Waals surface area contributed by atoms with Gasteiger partial charge < -0.3 is 10.5 Å². The van der Waals surface area contributed by atoms with Gasteiger partial charge in [0.05, 0.1) is 7.11 Å². The van der Waals surface area contributed by atoms with Gasteiger partial charge in [0.25, 0.3) is 0 Å². The van der Waals surface area contributed by atoms with Crippen molar-refractivity contribution < 1.29 is 14.3 Å².